The highest BCUT2D eigenvalue weighted by Gasteiger charge is 2.45. The number of carbonyl (C=O) groups is 1. The number of fused-ring (bicyclic) bond motifs is 2. The summed E-state index contributed by atoms with van der Waals surface area (Å²) in [6.07, 6.45) is 2.76. The van der Waals surface area contributed by atoms with Gasteiger partial charge >= 0.3 is 6.09 Å². The van der Waals surface area contributed by atoms with E-state index in [1.807, 2.05) is 70.4 Å². The van der Waals surface area contributed by atoms with E-state index in [0.717, 1.165) is 35.2 Å². The molecule has 1 saturated heterocycles. The Morgan fingerprint density at radius 2 is 1.47 bits per heavy atom. The SMILES string of the molecule is O=C1O[C@H](COC(c2ccccc2)(c2ccccc2)c2ccccc2)[C@H]2Cn3nncc3CCCN12. The second-order valence-electron chi connectivity index (χ2n) is 9.28. The van der Waals surface area contributed by atoms with Gasteiger partial charge in [-0.3, -0.25) is 4.90 Å². The van der Waals surface area contributed by atoms with E-state index in [2.05, 4.69) is 46.7 Å². The zero-order valence-electron chi connectivity index (χ0n) is 19.9. The molecule has 2 aliphatic rings. The maximum atomic E-state index is 12.9. The van der Waals surface area contributed by atoms with Crippen LogP contribution in [-0.2, 0) is 28.0 Å². The molecule has 36 heavy (non-hydrogen) atoms. The first-order valence-electron chi connectivity index (χ1n) is 12.4. The van der Waals surface area contributed by atoms with Gasteiger partial charge in [0.1, 0.15) is 11.7 Å². The first-order valence-corrected chi connectivity index (χ1v) is 12.4. The molecule has 0 bridgehead atoms. The highest BCUT2D eigenvalue weighted by Crippen LogP contribution is 2.41. The molecule has 2 aliphatic heterocycles. The lowest BCUT2D eigenvalue weighted by Gasteiger charge is -2.37. The summed E-state index contributed by atoms with van der Waals surface area (Å²) in [7, 11) is 0. The molecule has 1 aromatic heterocycles. The van der Waals surface area contributed by atoms with Crippen molar-refractivity contribution in [3.63, 3.8) is 0 Å². The highest BCUT2D eigenvalue weighted by molar-refractivity contribution is 5.70. The lowest BCUT2D eigenvalue weighted by Crippen LogP contribution is -2.45. The molecule has 0 radical (unpaired) electrons. The molecule has 6 rings (SSSR count). The van der Waals surface area contributed by atoms with Crippen LogP contribution in [-0.4, -0.2) is 51.3 Å². The van der Waals surface area contributed by atoms with Crippen LogP contribution in [0.4, 0.5) is 4.79 Å². The minimum atomic E-state index is -0.871. The molecule has 1 fully saturated rings. The number of nitrogens with zero attached hydrogens (tertiary/aromatic N) is 4. The molecular weight excluding hydrogens is 452 g/mol. The summed E-state index contributed by atoms with van der Waals surface area (Å²) in [5.41, 5.74) is 3.25. The smallest absolute Gasteiger partial charge is 0.410 e. The first kappa shape index (κ1) is 22.5. The predicted octanol–water partition coefficient (Wildman–Crippen LogP) is 4.42. The van der Waals surface area contributed by atoms with Crippen molar-refractivity contribution < 1.29 is 14.3 Å². The molecule has 7 heteroatoms. The van der Waals surface area contributed by atoms with Gasteiger partial charge in [0.15, 0.2) is 0 Å². The van der Waals surface area contributed by atoms with Crippen LogP contribution in [0.5, 0.6) is 0 Å². The third kappa shape index (κ3) is 3.95. The Bertz CT molecular complexity index is 1210. The third-order valence-electron chi connectivity index (χ3n) is 7.21. The summed E-state index contributed by atoms with van der Waals surface area (Å²) < 4.78 is 14.8. The summed E-state index contributed by atoms with van der Waals surface area (Å²) in [5, 5.41) is 8.35. The van der Waals surface area contributed by atoms with Gasteiger partial charge < -0.3 is 9.47 Å². The van der Waals surface area contributed by atoms with E-state index in [0.29, 0.717) is 13.1 Å². The van der Waals surface area contributed by atoms with Crippen LogP contribution in [0.2, 0.25) is 0 Å². The van der Waals surface area contributed by atoms with Gasteiger partial charge in [-0.2, -0.15) is 0 Å². The molecule has 0 spiro atoms. The zero-order chi connectivity index (χ0) is 24.4. The average molecular weight is 481 g/mol. The number of hydrogen-bond acceptors (Lipinski definition) is 5. The van der Waals surface area contributed by atoms with Gasteiger partial charge in [0.2, 0.25) is 0 Å². The largest absolute Gasteiger partial charge is 0.441 e. The number of aryl methyl sites for hydroxylation is 1. The number of ether oxygens (including phenoxy) is 2. The molecular formula is C29H28N4O3. The van der Waals surface area contributed by atoms with Crippen molar-refractivity contribution in [2.24, 2.45) is 0 Å². The monoisotopic (exact) mass is 480 g/mol. The van der Waals surface area contributed by atoms with E-state index in [9.17, 15) is 4.79 Å². The van der Waals surface area contributed by atoms with Gasteiger partial charge in [0.05, 0.1) is 31.1 Å². The predicted molar refractivity (Wildman–Crippen MR) is 134 cm³/mol. The summed E-state index contributed by atoms with van der Waals surface area (Å²) in [6, 6.07) is 30.5. The maximum Gasteiger partial charge on any atom is 0.410 e. The Morgan fingerprint density at radius 3 is 2.06 bits per heavy atom. The van der Waals surface area contributed by atoms with Gasteiger partial charge in [0.25, 0.3) is 0 Å². The molecule has 3 heterocycles. The topological polar surface area (TPSA) is 69.5 Å². The second-order valence-corrected chi connectivity index (χ2v) is 9.28. The standard InChI is InChI=1S/C29H28N4O3/c34-28-32-18-10-17-25-19-30-31-33(25)20-26(32)27(36-28)21-35-29(22-11-4-1-5-12-22,23-13-6-2-7-14-23)24-15-8-3-9-16-24/h1-9,11-16,19,26-27H,10,17-18,20-21H2/t26-,27-/m1/s1. The van der Waals surface area contributed by atoms with Gasteiger partial charge in [-0.1, -0.05) is 96.2 Å². The summed E-state index contributed by atoms with van der Waals surface area (Å²) in [6.45, 7) is 1.41. The second kappa shape index (κ2) is 9.59. The molecule has 2 atom stereocenters. The van der Waals surface area contributed by atoms with Crippen LogP contribution in [0.25, 0.3) is 0 Å². The van der Waals surface area contributed by atoms with Crippen molar-refractivity contribution in [1.82, 2.24) is 19.9 Å². The quantitative estimate of drug-likeness (QED) is 0.382. The van der Waals surface area contributed by atoms with Crippen molar-refractivity contribution in [1.29, 1.82) is 0 Å². The summed E-state index contributed by atoms with van der Waals surface area (Å²) in [5.74, 6) is 0. The van der Waals surface area contributed by atoms with Crippen molar-refractivity contribution >= 4 is 6.09 Å². The Balaban J connectivity index is 1.39. The Morgan fingerprint density at radius 1 is 0.889 bits per heavy atom. The van der Waals surface area contributed by atoms with Crippen molar-refractivity contribution in [2.75, 3.05) is 13.2 Å². The minimum Gasteiger partial charge on any atom is -0.441 e. The van der Waals surface area contributed by atoms with Crippen LogP contribution in [0.3, 0.4) is 0 Å². The number of cyclic esters (lactones) is 1. The molecule has 0 unspecified atom stereocenters. The van der Waals surface area contributed by atoms with Crippen molar-refractivity contribution in [3.05, 3.63) is 120 Å². The van der Waals surface area contributed by atoms with Gasteiger partial charge in [0, 0.05) is 6.54 Å². The van der Waals surface area contributed by atoms with Crippen LogP contribution in [0.1, 0.15) is 28.8 Å². The van der Waals surface area contributed by atoms with Gasteiger partial charge in [-0.15, -0.1) is 5.10 Å². The fourth-order valence-electron chi connectivity index (χ4n) is 5.44. The van der Waals surface area contributed by atoms with Crippen molar-refractivity contribution in [3.8, 4) is 0 Å². The Labute approximate surface area is 210 Å². The van der Waals surface area contributed by atoms with Crippen LogP contribution in [0.15, 0.2) is 97.2 Å². The number of carbonyl (C=O) groups excluding carboxylic acids is 1. The van der Waals surface area contributed by atoms with Gasteiger partial charge in [-0.05, 0) is 29.5 Å². The fraction of sp³-hybridized carbons (Fsp3) is 0.276. The molecule has 7 nitrogen and oxygen atoms in total. The Hall–Kier alpha value is -3.97. The minimum absolute atomic E-state index is 0.182. The van der Waals surface area contributed by atoms with Crippen LogP contribution in [0, 0.1) is 0 Å². The number of benzene rings is 3. The van der Waals surface area contributed by atoms with Gasteiger partial charge in [-0.25, -0.2) is 9.48 Å². The molecule has 4 aromatic rings. The first-order chi connectivity index (χ1) is 17.8. The summed E-state index contributed by atoms with van der Waals surface area (Å²) in [4.78, 5) is 14.7. The van der Waals surface area contributed by atoms with E-state index in [1.165, 1.54) is 0 Å². The Kier molecular flexibility index (Phi) is 5.99. The molecule has 1 amide bonds. The normalized spacial score (nSPS) is 19.7. The summed E-state index contributed by atoms with van der Waals surface area (Å²) >= 11 is 0. The van der Waals surface area contributed by atoms with Crippen LogP contribution < -0.4 is 0 Å². The maximum absolute atomic E-state index is 12.9. The van der Waals surface area contributed by atoms with E-state index in [-0.39, 0.29) is 18.7 Å². The average Bonchev–Trinajstić information content (AvgIpc) is 3.48. The van der Waals surface area contributed by atoms with Crippen LogP contribution >= 0.6 is 0 Å². The lowest BCUT2D eigenvalue weighted by molar-refractivity contribution is -0.0393. The zero-order valence-corrected chi connectivity index (χ0v) is 19.9. The number of hydrogen-bond donors (Lipinski definition) is 0. The fourth-order valence-corrected chi connectivity index (χ4v) is 5.44. The highest BCUT2D eigenvalue weighted by atomic mass is 16.6. The number of aromatic nitrogens is 3. The van der Waals surface area contributed by atoms with Crippen molar-refractivity contribution in [2.45, 2.75) is 37.1 Å². The van der Waals surface area contributed by atoms with E-state index >= 15 is 0 Å². The molecule has 0 saturated carbocycles. The molecule has 0 N–H and O–H groups in total. The third-order valence-corrected chi connectivity index (χ3v) is 7.21. The number of amides is 1. The van der Waals surface area contributed by atoms with E-state index in [1.54, 1.807) is 0 Å². The van der Waals surface area contributed by atoms with E-state index in [4.69, 9.17) is 9.47 Å². The van der Waals surface area contributed by atoms with E-state index < -0.39 is 11.7 Å². The molecule has 3 aromatic carbocycles. The lowest BCUT2D eigenvalue weighted by atomic mass is 9.80. The number of rotatable bonds is 6. The molecule has 0 aliphatic carbocycles. The molecule has 182 valence electrons.